The number of fused-ring (bicyclic) bond motifs is 1. The molecular formula is C14H19NO2. The molecule has 0 saturated carbocycles. The maximum absolute atomic E-state index is 5.35. The topological polar surface area (TPSA) is 30.5 Å². The van der Waals surface area contributed by atoms with Crippen LogP contribution in [0.15, 0.2) is 24.3 Å². The first kappa shape index (κ1) is 12.0. The van der Waals surface area contributed by atoms with Crippen LogP contribution >= 0.6 is 0 Å². The molecule has 0 aromatic heterocycles. The fraction of sp³-hybridized carbons (Fsp3) is 0.429. The minimum absolute atomic E-state index is 0.281. The van der Waals surface area contributed by atoms with E-state index in [0.29, 0.717) is 0 Å². The summed E-state index contributed by atoms with van der Waals surface area (Å²) in [5.74, 6) is 1.61. The van der Waals surface area contributed by atoms with Gasteiger partial charge < -0.3 is 14.8 Å². The number of allylic oxidation sites excluding steroid dienone is 1. The molecule has 0 amide bonds. The van der Waals surface area contributed by atoms with Crippen LogP contribution in [0.25, 0.3) is 0 Å². The molecule has 1 aliphatic heterocycles. The van der Waals surface area contributed by atoms with Crippen LogP contribution in [0.4, 0.5) is 0 Å². The van der Waals surface area contributed by atoms with Gasteiger partial charge in [0.05, 0.1) is 20.3 Å². The highest BCUT2D eigenvalue weighted by Gasteiger charge is 2.20. The predicted octanol–water partition coefficient (Wildman–Crippen LogP) is 2.47. The molecular weight excluding hydrogens is 214 g/mol. The Morgan fingerprint density at radius 3 is 2.59 bits per heavy atom. The molecule has 0 spiro atoms. The van der Waals surface area contributed by atoms with Crippen molar-refractivity contribution in [2.75, 3.05) is 20.8 Å². The second-order valence-corrected chi connectivity index (χ2v) is 4.11. The zero-order chi connectivity index (χ0) is 12.3. The van der Waals surface area contributed by atoms with Crippen molar-refractivity contribution in [1.29, 1.82) is 0 Å². The maximum atomic E-state index is 5.35. The molecule has 1 aliphatic rings. The van der Waals surface area contributed by atoms with Gasteiger partial charge in [0.2, 0.25) is 0 Å². The third kappa shape index (κ3) is 2.29. The first-order chi connectivity index (χ1) is 8.30. The van der Waals surface area contributed by atoms with Crippen LogP contribution in [0, 0.1) is 0 Å². The summed E-state index contributed by atoms with van der Waals surface area (Å²) in [6.45, 7) is 3.04. The summed E-state index contributed by atoms with van der Waals surface area (Å²) in [5.41, 5.74) is 2.62. The van der Waals surface area contributed by atoms with Gasteiger partial charge in [0.15, 0.2) is 11.5 Å². The van der Waals surface area contributed by atoms with Crippen LogP contribution in [0.2, 0.25) is 0 Å². The third-order valence-electron chi connectivity index (χ3n) is 3.12. The van der Waals surface area contributed by atoms with Crippen molar-refractivity contribution >= 4 is 0 Å². The van der Waals surface area contributed by atoms with Crippen LogP contribution < -0.4 is 14.8 Å². The average Bonchev–Trinajstić information content (AvgIpc) is 2.38. The molecule has 3 nitrogen and oxygen atoms in total. The number of nitrogens with one attached hydrogen (secondary N) is 1. The first-order valence-corrected chi connectivity index (χ1v) is 5.91. The minimum Gasteiger partial charge on any atom is -0.493 e. The van der Waals surface area contributed by atoms with Gasteiger partial charge in [-0.15, -0.1) is 0 Å². The monoisotopic (exact) mass is 233 g/mol. The summed E-state index contributed by atoms with van der Waals surface area (Å²) in [5, 5.41) is 3.48. The van der Waals surface area contributed by atoms with Crippen molar-refractivity contribution in [2.45, 2.75) is 19.4 Å². The van der Waals surface area contributed by atoms with Crippen molar-refractivity contribution < 1.29 is 9.47 Å². The van der Waals surface area contributed by atoms with Crippen LogP contribution in [0.5, 0.6) is 11.5 Å². The maximum Gasteiger partial charge on any atom is 0.161 e. The molecule has 3 heteroatoms. The van der Waals surface area contributed by atoms with Gasteiger partial charge in [-0.25, -0.2) is 0 Å². The molecule has 1 aromatic rings. The molecule has 0 saturated heterocycles. The lowest BCUT2D eigenvalue weighted by Crippen LogP contribution is -2.28. The lowest BCUT2D eigenvalue weighted by Gasteiger charge is -2.26. The summed E-state index contributed by atoms with van der Waals surface area (Å²) in [6, 6.07) is 4.44. The van der Waals surface area contributed by atoms with Crippen molar-refractivity contribution in [3.63, 3.8) is 0 Å². The number of rotatable bonds is 3. The molecule has 1 atom stereocenters. The molecule has 0 radical (unpaired) electrons. The van der Waals surface area contributed by atoms with Crippen LogP contribution in [-0.4, -0.2) is 20.8 Å². The molecule has 17 heavy (non-hydrogen) atoms. The van der Waals surface area contributed by atoms with Crippen molar-refractivity contribution in [1.82, 2.24) is 5.32 Å². The van der Waals surface area contributed by atoms with Gasteiger partial charge in [0.1, 0.15) is 0 Å². The summed E-state index contributed by atoms with van der Waals surface area (Å²) in [7, 11) is 3.35. The van der Waals surface area contributed by atoms with Gasteiger partial charge in [-0.3, -0.25) is 0 Å². The molecule has 0 unspecified atom stereocenters. The fourth-order valence-electron chi connectivity index (χ4n) is 2.28. The van der Waals surface area contributed by atoms with Gasteiger partial charge in [0.25, 0.3) is 0 Å². The van der Waals surface area contributed by atoms with E-state index in [1.807, 2.05) is 6.92 Å². The number of hydrogen-bond donors (Lipinski definition) is 1. The molecule has 0 bridgehead atoms. The molecule has 1 heterocycles. The highest BCUT2D eigenvalue weighted by atomic mass is 16.5. The van der Waals surface area contributed by atoms with Gasteiger partial charge in [-0.05, 0) is 36.6 Å². The largest absolute Gasteiger partial charge is 0.493 e. The smallest absolute Gasteiger partial charge is 0.161 e. The predicted molar refractivity (Wildman–Crippen MR) is 68.8 cm³/mol. The fourth-order valence-corrected chi connectivity index (χ4v) is 2.28. The van der Waals surface area contributed by atoms with Crippen molar-refractivity contribution in [3.05, 3.63) is 35.4 Å². The van der Waals surface area contributed by atoms with Crippen LogP contribution in [-0.2, 0) is 6.42 Å². The zero-order valence-corrected chi connectivity index (χ0v) is 10.6. The van der Waals surface area contributed by atoms with E-state index in [4.69, 9.17) is 9.47 Å². The Balaban J connectivity index is 2.46. The second-order valence-electron chi connectivity index (χ2n) is 4.11. The molecule has 92 valence electrons. The normalized spacial score (nSPS) is 19.1. The Hall–Kier alpha value is -1.48. The lowest BCUT2D eigenvalue weighted by atomic mass is 9.93. The van der Waals surface area contributed by atoms with E-state index in [-0.39, 0.29) is 6.04 Å². The number of benzene rings is 1. The van der Waals surface area contributed by atoms with Crippen molar-refractivity contribution in [3.8, 4) is 11.5 Å². The van der Waals surface area contributed by atoms with Gasteiger partial charge in [-0.1, -0.05) is 12.2 Å². The van der Waals surface area contributed by atoms with E-state index in [0.717, 1.165) is 24.5 Å². The van der Waals surface area contributed by atoms with Gasteiger partial charge >= 0.3 is 0 Å². The number of ether oxygens (including phenoxy) is 2. The van der Waals surface area contributed by atoms with E-state index in [9.17, 15) is 0 Å². The summed E-state index contributed by atoms with van der Waals surface area (Å²) < 4.78 is 10.7. The quantitative estimate of drug-likeness (QED) is 0.813. The van der Waals surface area contributed by atoms with E-state index in [2.05, 4.69) is 29.6 Å². The molecule has 2 rings (SSSR count). The van der Waals surface area contributed by atoms with E-state index >= 15 is 0 Å². The van der Waals surface area contributed by atoms with Gasteiger partial charge in [0, 0.05) is 6.54 Å². The Morgan fingerprint density at radius 1 is 1.24 bits per heavy atom. The Morgan fingerprint density at radius 2 is 1.94 bits per heavy atom. The first-order valence-electron chi connectivity index (χ1n) is 5.91. The Bertz CT molecular complexity index is 426. The highest BCUT2D eigenvalue weighted by Crippen LogP contribution is 2.35. The molecule has 1 aromatic carbocycles. The standard InChI is InChI=1S/C14H19NO2/c1-4-5-12-11-9-14(17-3)13(16-2)8-10(11)6-7-15-12/h4-5,8-9,12,15H,6-7H2,1-3H3/b5-4+/t12-/m0/s1. The third-order valence-corrected chi connectivity index (χ3v) is 3.12. The SMILES string of the molecule is C/C=C/[C@@H]1NCCc2cc(OC)c(OC)cc21. The lowest BCUT2D eigenvalue weighted by molar-refractivity contribution is 0.353. The molecule has 1 N–H and O–H groups in total. The van der Waals surface area contributed by atoms with E-state index < -0.39 is 0 Å². The molecule has 0 fully saturated rings. The van der Waals surface area contributed by atoms with Crippen LogP contribution in [0.3, 0.4) is 0 Å². The average molecular weight is 233 g/mol. The molecule has 0 aliphatic carbocycles. The Kier molecular flexibility index (Phi) is 3.69. The summed E-state index contributed by atoms with van der Waals surface area (Å²) >= 11 is 0. The minimum atomic E-state index is 0.281. The summed E-state index contributed by atoms with van der Waals surface area (Å²) in [6.07, 6.45) is 5.27. The Labute approximate surface area is 102 Å². The van der Waals surface area contributed by atoms with Gasteiger partial charge in [-0.2, -0.15) is 0 Å². The summed E-state index contributed by atoms with van der Waals surface area (Å²) in [4.78, 5) is 0. The number of hydrogen-bond acceptors (Lipinski definition) is 3. The second kappa shape index (κ2) is 5.23. The van der Waals surface area contributed by atoms with Crippen LogP contribution in [0.1, 0.15) is 24.1 Å². The zero-order valence-electron chi connectivity index (χ0n) is 10.6. The van der Waals surface area contributed by atoms with Crippen molar-refractivity contribution in [2.24, 2.45) is 0 Å². The van der Waals surface area contributed by atoms with E-state index in [1.165, 1.54) is 11.1 Å². The van der Waals surface area contributed by atoms with E-state index in [1.54, 1.807) is 14.2 Å². The number of methoxy groups -OCH3 is 2. The highest BCUT2D eigenvalue weighted by molar-refractivity contribution is 5.50.